The molecule has 2 aromatic rings. The van der Waals surface area contributed by atoms with Crippen LogP contribution in [0.5, 0.6) is 0 Å². The van der Waals surface area contributed by atoms with Gasteiger partial charge in [-0.25, -0.2) is 4.79 Å². The largest absolute Gasteiger partial charge is 0.493 e. The molecule has 0 aliphatic carbocycles. The highest BCUT2D eigenvalue weighted by molar-refractivity contribution is 5.89. The molecule has 1 N–H and O–H groups in total. The van der Waals surface area contributed by atoms with Gasteiger partial charge in [0.05, 0.1) is 25.0 Å². The van der Waals surface area contributed by atoms with Crippen LogP contribution in [0.2, 0.25) is 0 Å². The van der Waals surface area contributed by atoms with Gasteiger partial charge in [0.15, 0.2) is 23.6 Å². The van der Waals surface area contributed by atoms with Crippen LogP contribution in [-0.2, 0) is 25.6 Å². The van der Waals surface area contributed by atoms with Gasteiger partial charge in [-0.15, -0.1) is 0 Å². The number of carbonyl (C=O) groups excluding carboxylic acids is 1. The van der Waals surface area contributed by atoms with E-state index in [0.717, 1.165) is 11.1 Å². The molecule has 2 aliphatic heterocycles. The molecular formula is C23H24O6. The maximum Gasteiger partial charge on any atom is 0.339 e. The average molecular weight is 396 g/mol. The maximum atomic E-state index is 12.7. The number of aliphatic hydroxyl groups excluding tert-OH is 1. The lowest BCUT2D eigenvalue weighted by molar-refractivity contribution is -0.335. The first-order valence-electron chi connectivity index (χ1n) is 9.56. The van der Waals surface area contributed by atoms with Crippen molar-refractivity contribution < 1.29 is 28.8 Å². The molecular weight excluding hydrogens is 372 g/mol. The molecule has 2 aliphatic rings. The summed E-state index contributed by atoms with van der Waals surface area (Å²) in [5.41, 5.74) is 0.0602. The fourth-order valence-electron chi connectivity index (χ4n) is 3.61. The summed E-state index contributed by atoms with van der Waals surface area (Å²) >= 11 is 0. The number of esters is 1. The maximum absolute atomic E-state index is 12.7. The van der Waals surface area contributed by atoms with E-state index in [1.165, 1.54) is 6.26 Å². The zero-order chi connectivity index (χ0) is 20.5. The third kappa shape index (κ3) is 3.55. The second-order valence-corrected chi connectivity index (χ2v) is 7.58. The average Bonchev–Trinajstić information content (AvgIpc) is 2.75. The monoisotopic (exact) mass is 396 g/mol. The molecule has 0 aromatic heterocycles. The Morgan fingerprint density at radius 2 is 1.86 bits per heavy atom. The molecule has 6 nitrogen and oxygen atoms in total. The molecule has 2 unspecified atom stereocenters. The molecule has 0 spiro atoms. The molecule has 0 saturated carbocycles. The molecule has 1 fully saturated rings. The third-order valence-corrected chi connectivity index (χ3v) is 5.73. The lowest BCUT2D eigenvalue weighted by Crippen LogP contribution is -2.66. The van der Waals surface area contributed by atoms with Gasteiger partial charge in [0.1, 0.15) is 0 Å². The summed E-state index contributed by atoms with van der Waals surface area (Å²) in [6, 6.07) is 16.2. The minimum atomic E-state index is -1.06. The molecule has 6 heteroatoms. The SMILES string of the molecule is C[C@@]1(OC(=O)c2ccccc2)C=COC2COC(c3ccc(CO)cc3)O[C@]21C. The highest BCUT2D eigenvalue weighted by Crippen LogP contribution is 2.45. The quantitative estimate of drug-likeness (QED) is 0.798. The lowest BCUT2D eigenvalue weighted by atomic mass is 9.78. The number of hydrogen-bond donors (Lipinski definition) is 1. The minimum Gasteiger partial charge on any atom is -0.493 e. The molecule has 4 rings (SSSR count). The Morgan fingerprint density at radius 3 is 2.55 bits per heavy atom. The summed E-state index contributed by atoms with van der Waals surface area (Å²) in [6.07, 6.45) is 2.16. The zero-order valence-electron chi connectivity index (χ0n) is 16.4. The van der Waals surface area contributed by atoms with Crippen molar-refractivity contribution in [1.29, 1.82) is 0 Å². The molecule has 1 saturated heterocycles. The van der Waals surface area contributed by atoms with Crippen molar-refractivity contribution in [3.05, 3.63) is 83.6 Å². The minimum absolute atomic E-state index is 0.0292. The van der Waals surface area contributed by atoms with Crippen molar-refractivity contribution in [3.8, 4) is 0 Å². The van der Waals surface area contributed by atoms with Crippen molar-refractivity contribution >= 4 is 5.97 Å². The Morgan fingerprint density at radius 1 is 1.14 bits per heavy atom. The van der Waals surface area contributed by atoms with Gasteiger partial charge in [0, 0.05) is 5.56 Å². The van der Waals surface area contributed by atoms with Crippen LogP contribution >= 0.6 is 0 Å². The van der Waals surface area contributed by atoms with E-state index in [-0.39, 0.29) is 13.2 Å². The fraction of sp³-hybridized carbons (Fsp3) is 0.348. The van der Waals surface area contributed by atoms with Gasteiger partial charge in [-0.3, -0.25) is 0 Å². The molecule has 4 atom stereocenters. The Bertz CT molecular complexity index is 893. The van der Waals surface area contributed by atoms with Crippen LogP contribution in [0.25, 0.3) is 0 Å². The Labute approximate surface area is 169 Å². The van der Waals surface area contributed by atoms with Gasteiger partial charge in [-0.05, 0) is 37.6 Å². The number of rotatable bonds is 4. The highest BCUT2D eigenvalue weighted by Gasteiger charge is 2.59. The molecule has 2 heterocycles. The van der Waals surface area contributed by atoms with Crippen LogP contribution in [0.3, 0.4) is 0 Å². The van der Waals surface area contributed by atoms with Crippen LogP contribution < -0.4 is 0 Å². The van der Waals surface area contributed by atoms with E-state index >= 15 is 0 Å². The predicted octanol–water partition coefficient (Wildman–Crippen LogP) is 3.51. The summed E-state index contributed by atoms with van der Waals surface area (Å²) in [7, 11) is 0. The van der Waals surface area contributed by atoms with E-state index in [2.05, 4.69) is 0 Å². The number of benzene rings is 2. The van der Waals surface area contributed by atoms with Crippen molar-refractivity contribution in [1.82, 2.24) is 0 Å². The molecule has 0 radical (unpaired) electrons. The van der Waals surface area contributed by atoms with Crippen LogP contribution in [0.4, 0.5) is 0 Å². The fourth-order valence-corrected chi connectivity index (χ4v) is 3.61. The predicted molar refractivity (Wildman–Crippen MR) is 105 cm³/mol. The van der Waals surface area contributed by atoms with E-state index in [1.54, 1.807) is 30.3 Å². The van der Waals surface area contributed by atoms with Gasteiger partial charge in [0.25, 0.3) is 0 Å². The van der Waals surface area contributed by atoms with Gasteiger partial charge < -0.3 is 24.1 Å². The standard InChI is InChI=1S/C23H24O6/c1-22(28-20(25)17-6-4-3-5-7-17)12-13-26-19-15-27-21(29-23(19,22)2)18-10-8-16(14-24)9-11-18/h3-13,19,21,24H,14-15H2,1-2H3/t19?,21?,22-,23-/m1/s1. The molecule has 152 valence electrons. The van der Waals surface area contributed by atoms with Crippen molar-refractivity contribution in [2.45, 2.75) is 44.1 Å². The van der Waals surface area contributed by atoms with Gasteiger partial charge in [-0.2, -0.15) is 0 Å². The molecule has 0 bridgehead atoms. The first-order valence-corrected chi connectivity index (χ1v) is 9.56. The van der Waals surface area contributed by atoms with E-state index in [1.807, 2.05) is 44.2 Å². The van der Waals surface area contributed by atoms with Gasteiger partial charge in [0.2, 0.25) is 0 Å². The lowest BCUT2D eigenvalue weighted by Gasteiger charge is -2.53. The van der Waals surface area contributed by atoms with E-state index in [4.69, 9.17) is 18.9 Å². The van der Waals surface area contributed by atoms with Crippen molar-refractivity contribution in [2.75, 3.05) is 6.61 Å². The number of aliphatic hydroxyl groups is 1. The first-order chi connectivity index (χ1) is 13.9. The number of carbonyl (C=O) groups is 1. The van der Waals surface area contributed by atoms with Crippen LogP contribution in [-0.4, -0.2) is 35.0 Å². The van der Waals surface area contributed by atoms with Crippen LogP contribution in [0, 0.1) is 0 Å². The topological polar surface area (TPSA) is 74.2 Å². The van der Waals surface area contributed by atoms with E-state index < -0.39 is 29.6 Å². The van der Waals surface area contributed by atoms with Crippen LogP contribution in [0.1, 0.15) is 41.6 Å². The van der Waals surface area contributed by atoms with Crippen molar-refractivity contribution in [2.24, 2.45) is 0 Å². The normalized spacial score (nSPS) is 30.9. The third-order valence-electron chi connectivity index (χ3n) is 5.73. The Balaban J connectivity index is 1.60. The smallest absolute Gasteiger partial charge is 0.339 e. The number of fused-ring (bicyclic) bond motifs is 1. The summed E-state index contributed by atoms with van der Waals surface area (Å²) in [6.45, 7) is 3.94. The highest BCUT2D eigenvalue weighted by atomic mass is 16.7. The Hall–Kier alpha value is -2.67. The number of hydrogen-bond acceptors (Lipinski definition) is 6. The summed E-state index contributed by atoms with van der Waals surface area (Å²) in [4.78, 5) is 12.7. The van der Waals surface area contributed by atoms with E-state index in [9.17, 15) is 9.90 Å². The second-order valence-electron chi connectivity index (χ2n) is 7.58. The Kier molecular flexibility index (Phi) is 5.17. The summed E-state index contributed by atoms with van der Waals surface area (Å²) in [5, 5.41) is 9.25. The molecule has 2 aromatic carbocycles. The second kappa shape index (κ2) is 7.63. The van der Waals surface area contributed by atoms with Gasteiger partial charge in [-0.1, -0.05) is 42.5 Å². The van der Waals surface area contributed by atoms with E-state index in [0.29, 0.717) is 5.56 Å². The van der Waals surface area contributed by atoms with Gasteiger partial charge >= 0.3 is 5.97 Å². The molecule has 29 heavy (non-hydrogen) atoms. The molecule has 0 amide bonds. The summed E-state index contributed by atoms with van der Waals surface area (Å²) in [5.74, 6) is -0.432. The first kappa shape index (κ1) is 19.6. The summed E-state index contributed by atoms with van der Waals surface area (Å²) < 4.78 is 23.9. The van der Waals surface area contributed by atoms with Crippen LogP contribution in [0.15, 0.2) is 66.9 Å². The zero-order valence-corrected chi connectivity index (χ0v) is 16.4. The number of ether oxygens (including phenoxy) is 4. The van der Waals surface area contributed by atoms with Crippen molar-refractivity contribution in [3.63, 3.8) is 0 Å².